The zero-order valence-corrected chi connectivity index (χ0v) is 15.6. The maximum Gasteiger partial charge on any atom is 0.329 e. The van der Waals surface area contributed by atoms with E-state index in [0.29, 0.717) is 19.5 Å². The minimum Gasteiger partial charge on any atom is -0.480 e. The standard InChI is InChI=1S/C19H27N3O4/c1-19(17(24)25,12-14-8-5-4-6-9-14)20-16(23)15-10-7-11-22(13-15)18(26)21(2)3/h4-6,8-9,15H,7,10-13H2,1-3H3,(H,20,23)(H,24,25)/t15-,19+/m1/s1. The number of hydrogen-bond donors (Lipinski definition) is 2. The summed E-state index contributed by atoms with van der Waals surface area (Å²) in [6.07, 6.45) is 1.56. The Morgan fingerprint density at radius 2 is 1.92 bits per heavy atom. The predicted molar refractivity (Wildman–Crippen MR) is 97.7 cm³/mol. The largest absolute Gasteiger partial charge is 0.480 e. The van der Waals surface area contributed by atoms with Gasteiger partial charge in [0.15, 0.2) is 0 Å². The molecule has 3 amide bonds. The fourth-order valence-corrected chi connectivity index (χ4v) is 3.20. The van der Waals surface area contributed by atoms with Crippen LogP contribution in [0.3, 0.4) is 0 Å². The van der Waals surface area contributed by atoms with Gasteiger partial charge in [-0.3, -0.25) is 4.79 Å². The SMILES string of the molecule is CN(C)C(=O)N1CCC[C@@H](C(=O)N[C@@](C)(Cc2ccccc2)C(=O)O)C1. The number of carboxylic acid groups (broad SMARTS) is 1. The highest BCUT2D eigenvalue weighted by Crippen LogP contribution is 2.20. The molecule has 0 saturated carbocycles. The Kier molecular flexibility index (Phi) is 6.23. The molecule has 142 valence electrons. The van der Waals surface area contributed by atoms with Crippen LogP contribution in [0.15, 0.2) is 30.3 Å². The zero-order chi connectivity index (χ0) is 19.3. The smallest absolute Gasteiger partial charge is 0.329 e. The van der Waals surface area contributed by atoms with Crippen LogP contribution in [-0.2, 0) is 16.0 Å². The molecule has 0 aliphatic carbocycles. The first kappa shape index (κ1) is 19.8. The predicted octanol–water partition coefficient (Wildman–Crippen LogP) is 1.58. The lowest BCUT2D eigenvalue weighted by atomic mass is 9.90. The summed E-state index contributed by atoms with van der Waals surface area (Å²) in [5, 5.41) is 12.4. The van der Waals surface area contributed by atoms with E-state index in [1.807, 2.05) is 30.3 Å². The second kappa shape index (κ2) is 8.21. The lowest BCUT2D eigenvalue weighted by Crippen LogP contribution is -2.57. The van der Waals surface area contributed by atoms with Gasteiger partial charge in [-0.15, -0.1) is 0 Å². The van der Waals surface area contributed by atoms with E-state index in [9.17, 15) is 19.5 Å². The van der Waals surface area contributed by atoms with Gasteiger partial charge in [-0.2, -0.15) is 0 Å². The summed E-state index contributed by atoms with van der Waals surface area (Å²) in [5.41, 5.74) is -0.558. The first-order valence-electron chi connectivity index (χ1n) is 8.78. The number of rotatable bonds is 5. The summed E-state index contributed by atoms with van der Waals surface area (Å²) < 4.78 is 0. The maximum absolute atomic E-state index is 12.7. The van der Waals surface area contributed by atoms with E-state index in [1.165, 1.54) is 11.8 Å². The van der Waals surface area contributed by atoms with Crippen molar-refractivity contribution in [2.24, 2.45) is 5.92 Å². The molecule has 1 heterocycles. The first-order valence-corrected chi connectivity index (χ1v) is 8.78. The summed E-state index contributed by atoms with van der Waals surface area (Å²) in [6.45, 7) is 2.44. The van der Waals surface area contributed by atoms with Crippen molar-refractivity contribution >= 4 is 17.9 Å². The van der Waals surface area contributed by atoms with Crippen molar-refractivity contribution in [1.29, 1.82) is 0 Å². The van der Waals surface area contributed by atoms with E-state index in [-0.39, 0.29) is 18.4 Å². The third kappa shape index (κ3) is 4.74. The lowest BCUT2D eigenvalue weighted by molar-refractivity contribution is -0.147. The van der Waals surface area contributed by atoms with Crippen LogP contribution in [0, 0.1) is 5.92 Å². The molecule has 1 aliphatic rings. The Labute approximate surface area is 154 Å². The molecule has 0 spiro atoms. The highest BCUT2D eigenvalue weighted by atomic mass is 16.4. The molecule has 7 heteroatoms. The Morgan fingerprint density at radius 1 is 1.27 bits per heavy atom. The van der Waals surface area contributed by atoms with E-state index in [2.05, 4.69) is 5.32 Å². The van der Waals surface area contributed by atoms with Crippen molar-refractivity contribution in [1.82, 2.24) is 15.1 Å². The van der Waals surface area contributed by atoms with Gasteiger partial charge in [-0.1, -0.05) is 30.3 Å². The quantitative estimate of drug-likeness (QED) is 0.833. The molecule has 0 bridgehead atoms. The molecule has 1 aromatic carbocycles. The number of carbonyl (C=O) groups excluding carboxylic acids is 2. The number of hydrogen-bond acceptors (Lipinski definition) is 3. The number of benzene rings is 1. The molecule has 1 saturated heterocycles. The Balaban J connectivity index is 2.07. The van der Waals surface area contributed by atoms with Crippen LogP contribution in [0.25, 0.3) is 0 Å². The van der Waals surface area contributed by atoms with E-state index < -0.39 is 17.4 Å². The lowest BCUT2D eigenvalue weighted by Gasteiger charge is -2.35. The number of carbonyl (C=O) groups is 3. The van der Waals surface area contributed by atoms with Crippen LogP contribution in [0.5, 0.6) is 0 Å². The molecular weight excluding hydrogens is 334 g/mol. The minimum atomic E-state index is -1.40. The molecule has 0 unspecified atom stereocenters. The first-order chi connectivity index (χ1) is 12.2. The normalized spacial score (nSPS) is 19.3. The molecule has 1 aromatic rings. The molecule has 2 N–H and O–H groups in total. The summed E-state index contributed by atoms with van der Waals surface area (Å²) in [5.74, 6) is -1.80. The average molecular weight is 361 g/mol. The second-order valence-electron chi connectivity index (χ2n) is 7.25. The van der Waals surface area contributed by atoms with Gasteiger partial charge in [0.25, 0.3) is 0 Å². The topological polar surface area (TPSA) is 90.0 Å². The fourth-order valence-electron chi connectivity index (χ4n) is 3.20. The number of nitrogens with one attached hydrogen (secondary N) is 1. The highest BCUT2D eigenvalue weighted by molar-refractivity contribution is 5.88. The Bertz CT molecular complexity index is 662. The monoisotopic (exact) mass is 361 g/mol. The van der Waals surface area contributed by atoms with Crippen LogP contribution in [-0.4, -0.2) is 65.5 Å². The molecule has 0 aromatic heterocycles. The highest BCUT2D eigenvalue weighted by Gasteiger charge is 2.38. The van der Waals surface area contributed by atoms with Gasteiger partial charge in [-0.25, -0.2) is 9.59 Å². The summed E-state index contributed by atoms with van der Waals surface area (Å²) >= 11 is 0. The second-order valence-corrected chi connectivity index (χ2v) is 7.25. The van der Waals surface area contributed by atoms with Crippen molar-refractivity contribution in [3.05, 3.63) is 35.9 Å². The number of piperidine rings is 1. The van der Waals surface area contributed by atoms with Crippen LogP contribution in [0.2, 0.25) is 0 Å². The summed E-state index contributed by atoms with van der Waals surface area (Å²) in [4.78, 5) is 39.8. The summed E-state index contributed by atoms with van der Waals surface area (Å²) in [6, 6.07) is 9.08. The van der Waals surface area contributed by atoms with E-state index >= 15 is 0 Å². The number of likely N-dealkylation sites (tertiary alicyclic amines) is 1. The van der Waals surface area contributed by atoms with Crippen molar-refractivity contribution < 1.29 is 19.5 Å². The van der Waals surface area contributed by atoms with Gasteiger partial charge < -0.3 is 20.2 Å². The third-order valence-electron chi connectivity index (χ3n) is 4.72. The van der Waals surface area contributed by atoms with Gasteiger partial charge >= 0.3 is 12.0 Å². The van der Waals surface area contributed by atoms with E-state index in [1.54, 1.807) is 19.0 Å². The van der Waals surface area contributed by atoms with Crippen molar-refractivity contribution in [2.75, 3.05) is 27.2 Å². The molecule has 26 heavy (non-hydrogen) atoms. The third-order valence-corrected chi connectivity index (χ3v) is 4.72. The van der Waals surface area contributed by atoms with Gasteiger partial charge in [0.2, 0.25) is 5.91 Å². The van der Waals surface area contributed by atoms with Crippen LogP contribution < -0.4 is 5.32 Å². The van der Waals surface area contributed by atoms with Crippen LogP contribution in [0.1, 0.15) is 25.3 Å². The number of nitrogens with zero attached hydrogens (tertiary/aromatic N) is 2. The molecular formula is C19H27N3O4. The van der Waals surface area contributed by atoms with Crippen LogP contribution in [0.4, 0.5) is 4.79 Å². The van der Waals surface area contributed by atoms with Gasteiger partial charge in [0.1, 0.15) is 5.54 Å². The van der Waals surface area contributed by atoms with Gasteiger partial charge in [0, 0.05) is 33.6 Å². The van der Waals surface area contributed by atoms with E-state index in [0.717, 1.165) is 12.0 Å². The number of carboxylic acids is 1. The fraction of sp³-hybridized carbons (Fsp3) is 0.526. The van der Waals surface area contributed by atoms with Crippen molar-refractivity contribution in [3.8, 4) is 0 Å². The minimum absolute atomic E-state index is 0.132. The Morgan fingerprint density at radius 3 is 2.50 bits per heavy atom. The van der Waals surface area contributed by atoms with Crippen LogP contribution >= 0.6 is 0 Å². The molecule has 0 radical (unpaired) electrons. The van der Waals surface area contributed by atoms with Crippen molar-refractivity contribution in [3.63, 3.8) is 0 Å². The number of aliphatic carboxylic acids is 1. The molecule has 2 rings (SSSR count). The molecule has 2 atom stereocenters. The van der Waals surface area contributed by atoms with Gasteiger partial charge in [-0.05, 0) is 25.3 Å². The number of amides is 3. The van der Waals surface area contributed by atoms with E-state index in [4.69, 9.17) is 0 Å². The zero-order valence-electron chi connectivity index (χ0n) is 15.6. The summed E-state index contributed by atoms with van der Waals surface area (Å²) in [7, 11) is 3.35. The van der Waals surface area contributed by atoms with Crippen molar-refractivity contribution in [2.45, 2.75) is 31.7 Å². The molecule has 1 fully saturated rings. The van der Waals surface area contributed by atoms with Gasteiger partial charge in [0.05, 0.1) is 5.92 Å². The average Bonchev–Trinajstić information content (AvgIpc) is 2.61. The Hall–Kier alpha value is -2.57. The number of urea groups is 1. The molecule has 1 aliphatic heterocycles. The molecule has 7 nitrogen and oxygen atoms in total. The maximum atomic E-state index is 12.7.